The zero-order valence-electron chi connectivity index (χ0n) is 11.8. The van der Waals surface area contributed by atoms with Gasteiger partial charge in [-0.3, -0.25) is 9.59 Å². The molecule has 5 heteroatoms. The Morgan fingerprint density at radius 2 is 1.55 bits per heavy atom. The van der Waals surface area contributed by atoms with Gasteiger partial charge in [0.05, 0.1) is 11.1 Å². The van der Waals surface area contributed by atoms with Crippen LogP contribution in [-0.4, -0.2) is 11.6 Å². The van der Waals surface area contributed by atoms with E-state index < -0.39 is 11.7 Å². The summed E-state index contributed by atoms with van der Waals surface area (Å²) >= 11 is 0. The number of alkyl halides is 3. The smallest absolute Gasteiger partial charge is 0.294 e. The first-order valence-corrected chi connectivity index (χ1v) is 7.33. The number of carbonyl (C=O) groups is 2. The van der Waals surface area contributed by atoms with E-state index in [4.69, 9.17) is 0 Å². The number of allylic oxidation sites excluding steroid dienone is 1. The molecule has 1 aromatic rings. The number of ketones is 2. The SMILES string of the molecule is O=C(C(=Cc1cccc(C(F)(F)F)c1)C(=O)C1CC1)C1CC1. The molecule has 0 radical (unpaired) electrons. The second-order valence-corrected chi connectivity index (χ2v) is 5.96. The average Bonchev–Trinajstić information content (AvgIpc) is 3.35. The molecule has 0 aromatic heterocycles. The molecule has 0 N–H and O–H groups in total. The maximum Gasteiger partial charge on any atom is 0.416 e. The molecular formula is C17H15F3O2. The van der Waals surface area contributed by atoms with Crippen molar-refractivity contribution >= 4 is 17.6 Å². The van der Waals surface area contributed by atoms with Crippen molar-refractivity contribution in [1.29, 1.82) is 0 Å². The molecule has 0 spiro atoms. The summed E-state index contributed by atoms with van der Waals surface area (Å²) < 4.78 is 38.2. The van der Waals surface area contributed by atoms with Gasteiger partial charge >= 0.3 is 6.18 Å². The number of Topliss-reactive ketones (excluding diaryl/α,β-unsaturated/α-hetero) is 2. The first-order valence-electron chi connectivity index (χ1n) is 7.33. The quantitative estimate of drug-likeness (QED) is 0.467. The Balaban J connectivity index is 1.94. The molecule has 0 atom stereocenters. The molecule has 22 heavy (non-hydrogen) atoms. The van der Waals surface area contributed by atoms with Gasteiger partial charge in [-0.25, -0.2) is 0 Å². The van der Waals surface area contributed by atoms with Gasteiger partial charge in [-0.05, 0) is 49.5 Å². The number of hydrogen-bond donors (Lipinski definition) is 0. The first kappa shape index (κ1) is 15.0. The summed E-state index contributed by atoms with van der Waals surface area (Å²) in [5, 5.41) is 0. The van der Waals surface area contributed by atoms with Crippen molar-refractivity contribution in [2.45, 2.75) is 31.9 Å². The Bertz CT molecular complexity index is 624. The summed E-state index contributed by atoms with van der Waals surface area (Å²) in [6.07, 6.45) is -0.0671. The Morgan fingerprint density at radius 3 is 2.00 bits per heavy atom. The second kappa shape index (κ2) is 5.38. The van der Waals surface area contributed by atoms with Crippen LogP contribution in [0, 0.1) is 11.8 Å². The van der Waals surface area contributed by atoms with Crippen molar-refractivity contribution in [2.24, 2.45) is 11.8 Å². The molecule has 0 heterocycles. The molecule has 2 nitrogen and oxygen atoms in total. The topological polar surface area (TPSA) is 34.1 Å². The van der Waals surface area contributed by atoms with Crippen LogP contribution < -0.4 is 0 Å². The van der Waals surface area contributed by atoms with E-state index in [2.05, 4.69) is 0 Å². The van der Waals surface area contributed by atoms with E-state index in [9.17, 15) is 22.8 Å². The first-order chi connectivity index (χ1) is 10.4. The lowest BCUT2D eigenvalue weighted by atomic mass is 9.97. The predicted octanol–water partition coefficient (Wildman–Crippen LogP) is 4.05. The zero-order chi connectivity index (χ0) is 15.9. The van der Waals surface area contributed by atoms with Crippen LogP contribution >= 0.6 is 0 Å². The second-order valence-electron chi connectivity index (χ2n) is 5.96. The van der Waals surface area contributed by atoms with Crippen molar-refractivity contribution < 1.29 is 22.8 Å². The molecule has 0 aliphatic heterocycles. The van der Waals surface area contributed by atoms with Crippen LogP contribution in [-0.2, 0) is 15.8 Å². The summed E-state index contributed by atoms with van der Waals surface area (Å²) in [7, 11) is 0. The summed E-state index contributed by atoms with van der Waals surface area (Å²) in [5.74, 6) is -0.678. The largest absolute Gasteiger partial charge is 0.416 e. The summed E-state index contributed by atoms with van der Waals surface area (Å²) in [6, 6.07) is 4.72. The van der Waals surface area contributed by atoms with Gasteiger partial charge in [0.25, 0.3) is 0 Å². The minimum Gasteiger partial charge on any atom is -0.294 e. The highest BCUT2D eigenvalue weighted by atomic mass is 19.4. The maximum absolute atomic E-state index is 12.7. The van der Waals surface area contributed by atoms with Gasteiger partial charge in [-0.15, -0.1) is 0 Å². The van der Waals surface area contributed by atoms with E-state index in [-0.39, 0.29) is 34.5 Å². The van der Waals surface area contributed by atoms with Gasteiger partial charge in [0, 0.05) is 11.8 Å². The molecule has 2 fully saturated rings. The zero-order valence-corrected chi connectivity index (χ0v) is 11.8. The van der Waals surface area contributed by atoms with Gasteiger partial charge < -0.3 is 0 Å². The highest BCUT2D eigenvalue weighted by Gasteiger charge is 2.39. The standard InChI is InChI=1S/C17H15F3O2/c18-17(19,20)13-3-1-2-10(8-13)9-14(15(21)11-4-5-11)16(22)12-6-7-12/h1-3,8-9,11-12H,4-7H2. The number of carbonyl (C=O) groups excluding carboxylic acids is 2. The van der Waals surface area contributed by atoms with Crippen LogP contribution in [0.5, 0.6) is 0 Å². The Hall–Kier alpha value is -1.91. The number of benzene rings is 1. The normalized spacial score (nSPS) is 18.0. The highest BCUT2D eigenvalue weighted by molar-refractivity contribution is 6.25. The molecule has 0 unspecified atom stereocenters. The van der Waals surface area contributed by atoms with Crippen LogP contribution in [0.1, 0.15) is 36.8 Å². The van der Waals surface area contributed by atoms with E-state index in [0.29, 0.717) is 0 Å². The van der Waals surface area contributed by atoms with E-state index in [1.807, 2.05) is 0 Å². The predicted molar refractivity (Wildman–Crippen MR) is 74.9 cm³/mol. The van der Waals surface area contributed by atoms with Crippen LogP contribution in [0.2, 0.25) is 0 Å². The van der Waals surface area contributed by atoms with Gasteiger partial charge in [0.1, 0.15) is 0 Å². The molecule has 0 amide bonds. The highest BCUT2D eigenvalue weighted by Crippen LogP contribution is 2.38. The Labute approximate surface area is 126 Å². The lowest BCUT2D eigenvalue weighted by Gasteiger charge is -2.08. The molecule has 116 valence electrons. The van der Waals surface area contributed by atoms with E-state index >= 15 is 0 Å². The van der Waals surface area contributed by atoms with E-state index in [1.165, 1.54) is 18.2 Å². The summed E-state index contributed by atoms with van der Waals surface area (Å²) in [4.78, 5) is 24.5. The third kappa shape index (κ3) is 3.29. The fraction of sp³-hybridized carbons (Fsp3) is 0.412. The summed E-state index contributed by atoms with van der Waals surface area (Å²) in [6.45, 7) is 0. The minimum atomic E-state index is -4.44. The summed E-state index contributed by atoms with van der Waals surface area (Å²) in [5.41, 5.74) is -0.463. The van der Waals surface area contributed by atoms with Gasteiger partial charge in [0.2, 0.25) is 0 Å². The van der Waals surface area contributed by atoms with Crippen molar-refractivity contribution in [3.63, 3.8) is 0 Å². The monoisotopic (exact) mass is 308 g/mol. The molecule has 2 aliphatic carbocycles. The van der Waals surface area contributed by atoms with Crippen molar-refractivity contribution in [2.75, 3.05) is 0 Å². The number of rotatable bonds is 5. The Morgan fingerprint density at radius 1 is 1.00 bits per heavy atom. The fourth-order valence-electron chi connectivity index (χ4n) is 2.37. The van der Waals surface area contributed by atoms with E-state index in [1.54, 1.807) is 0 Å². The van der Waals surface area contributed by atoms with Crippen molar-refractivity contribution in [3.05, 3.63) is 41.0 Å². The third-order valence-corrected chi connectivity index (χ3v) is 3.95. The molecule has 3 rings (SSSR count). The van der Waals surface area contributed by atoms with Crippen LogP contribution in [0.3, 0.4) is 0 Å². The Kier molecular flexibility index (Phi) is 3.67. The number of halogens is 3. The molecule has 1 aromatic carbocycles. The van der Waals surface area contributed by atoms with Crippen LogP contribution in [0.15, 0.2) is 29.8 Å². The maximum atomic E-state index is 12.7. The molecule has 2 saturated carbocycles. The molecule has 2 aliphatic rings. The average molecular weight is 308 g/mol. The lowest BCUT2D eigenvalue weighted by molar-refractivity contribution is -0.137. The van der Waals surface area contributed by atoms with Crippen LogP contribution in [0.25, 0.3) is 6.08 Å². The van der Waals surface area contributed by atoms with Gasteiger partial charge in [-0.1, -0.05) is 12.1 Å². The fourth-order valence-corrected chi connectivity index (χ4v) is 2.37. The molecular weight excluding hydrogens is 293 g/mol. The van der Waals surface area contributed by atoms with Gasteiger partial charge in [0.15, 0.2) is 11.6 Å². The lowest BCUT2D eigenvalue weighted by Crippen LogP contribution is -2.16. The molecule has 0 bridgehead atoms. The minimum absolute atomic E-state index is 0.0734. The van der Waals surface area contributed by atoms with Crippen molar-refractivity contribution in [1.82, 2.24) is 0 Å². The van der Waals surface area contributed by atoms with Gasteiger partial charge in [-0.2, -0.15) is 13.2 Å². The van der Waals surface area contributed by atoms with Crippen molar-refractivity contribution in [3.8, 4) is 0 Å². The van der Waals surface area contributed by atoms with E-state index in [0.717, 1.165) is 37.8 Å². The molecule has 0 saturated heterocycles. The van der Waals surface area contributed by atoms with Crippen LogP contribution in [0.4, 0.5) is 13.2 Å². The third-order valence-electron chi connectivity index (χ3n) is 3.95. The number of hydrogen-bond acceptors (Lipinski definition) is 2.